The first kappa shape index (κ1) is 15.9. The van der Waals surface area contributed by atoms with E-state index in [1.165, 1.54) is 17.3 Å². The monoisotopic (exact) mass is 303 g/mol. The van der Waals surface area contributed by atoms with Crippen molar-refractivity contribution in [1.29, 1.82) is 0 Å². The number of aromatic nitrogens is 1. The average Bonchev–Trinajstić information content (AvgIpc) is 2.53. The normalized spacial score (nSPS) is 12.1. The minimum atomic E-state index is -0.507. The third-order valence-corrected chi connectivity index (χ3v) is 4.05. The van der Waals surface area contributed by atoms with Gasteiger partial charge in [0.1, 0.15) is 12.4 Å². The number of hydrogen-bond acceptors (Lipinski definition) is 4. The average molecular weight is 303 g/mol. The Hall–Kier alpha value is -1.52. The van der Waals surface area contributed by atoms with Crippen molar-refractivity contribution >= 4 is 11.8 Å². The first-order valence-corrected chi connectivity index (χ1v) is 8.20. The maximum Gasteiger partial charge on any atom is 0.119 e. The lowest BCUT2D eigenvalue weighted by Crippen LogP contribution is -2.20. The molecule has 21 heavy (non-hydrogen) atoms. The predicted octanol–water partition coefficient (Wildman–Crippen LogP) is 3.57. The van der Waals surface area contributed by atoms with Crippen molar-refractivity contribution in [3.63, 3.8) is 0 Å². The van der Waals surface area contributed by atoms with Gasteiger partial charge in [-0.3, -0.25) is 0 Å². The van der Waals surface area contributed by atoms with E-state index in [4.69, 9.17) is 4.74 Å². The van der Waals surface area contributed by atoms with Crippen LogP contribution in [0.15, 0.2) is 53.7 Å². The predicted molar refractivity (Wildman–Crippen MR) is 86.9 cm³/mol. The van der Waals surface area contributed by atoms with Gasteiger partial charge in [0.25, 0.3) is 0 Å². The Balaban J connectivity index is 1.72. The minimum absolute atomic E-state index is 0.299. The molecular formula is C17H21NO2S. The van der Waals surface area contributed by atoms with Crippen LogP contribution >= 0.6 is 11.8 Å². The van der Waals surface area contributed by atoms with Crippen molar-refractivity contribution in [3.8, 4) is 5.75 Å². The van der Waals surface area contributed by atoms with Crippen molar-refractivity contribution in [1.82, 2.24) is 4.98 Å². The van der Waals surface area contributed by atoms with Gasteiger partial charge >= 0.3 is 0 Å². The van der Waals surface area contributed by atoms with Crippen LogP contribution in [-0.4, -0.2) is 28.6 Å². The summed E-state index contributed by atoms with van der Waals surface area (Å²) in [6, 6.07) is 13.8. The van der Waals surface area contributed by atoms with E-state index in [-0.39, 0.29) is 0 Å². The lowest BCUT2D eigenvalue weighted by Gasteiger charge is -2.12. The Morgan fingerprint density at radius 2 is 2.00 bits per heavy atom. The zero-order valence-electron chi connectivity index (χ0n) is 12.2. The molecule has 1 aromatic heterocycles. The van der Waals surface area contributed by atoms with Gasteiger partial charge in [0.2, 0.25) is 0 Å². The van der Waals surface area contributed by atoms with Gasteiger partial charge in [-0.25, -0.2) is 4.98 Å². The standard InChI is InChI=1S/C17H21NO2S/c1-2-5-14-7-9-16(10-8-14)20-12-15(19)13-21-17-6-3-4-11-18-17/h3-4,6-11,15,19H,2,5,12-13H2,1H3. The van der Waals surface area contributed by atoms with E-state index < -0.39 is 6.10 Å². The second-order valence-electron chi connectivity index (χ2n) is 4.84. The lowest BCUT2D eigenvalue weighted by atomic mass is 10.1. The largest absolute Gasteiger partial charge is 0.491 e. The molecule has 1 aromatic carbocycles. The molecule has 1 N–H and O–H groups in total. The molecule has 112 valence electrons. The highest BCUT2D eigenvalue weighted by Crippen LogP contribution is 2.17. The zero-order chi connectivity index (χ0) is 14.9. The highest BCUT2D eigenvalue weighted by atomic mass is 32.2. The molecule has 0 aliphatic carbocycles. The minimum Gasteiger partial charge on any atom is -0.491 e. The number of aryl methyl sites for hydroxylation is 1. The first-order valence-electron chi connectivity index (χ1n) is 7.21. The van der Waals surface area contributed by atoms with Crippen LogP contribution in [0.5, 0.6) is 5.75 Å². The lowest BCUT2D eigenvalue weighted by molar-refractivity contribution is 0.126. The van der Waals surface area contributed by atoms with Crippen molar-refractivity contribution in [2.45, 2.75) is 30.9 Å². The van der Waals surface area contributed by atoms with Crippen LogP contribution in [0, 0.1) is 0 Å². The van der Waals surface area contributed by atoms with E-state index in [2.05, 4.69) is 24.0 Å². The molecule has 0 radical (unpaired) electrons. The fourth-order valence-electron chi connectivity index (χ4n) is 1.90. The quantitative estimate of drug-likeness (QED) is 0.757. The number of pyridine rings is 1. The number of aliphatic hydroxyl groups is 1. The molecular weight excluding hydrogens is 282 g/mol. The summed E-state index contributed by atoms with van der Waals surface area (Å²) in [7, 11) is 0. The van der Waals surface area contributed by atoms with Gasteiger partial charge in [0.05, 0.1) is 11.1 Å². The third-order valence-electron chi connectivity index (χ3n) is 2.97. The molecule has 0 bridgehead atoms. The number of thioether (sulfide) groups is 1. The van der Waals surface area contributed by atoms with E-state index in [1.54, 1.807) is 6.20 Å². The van der Waals surface area contributed by atoms with Crippen LogP contribution < -0.4 is 4.74 Å². The molecule has 1 heterocycles. The summed E-state index contributed by atoms with van der Waals surface area (Å²) in [5.74, 6) is 1.38. The van der Waals surface area contributed by atoms with Crippen molar-refractivity contribution in [3.05, 3.63) is 54.2 Å². The maximum atomic E-state index is 9.94. The number of benzene rings is 1. The van der Waals surface area contributed by atoms with Crippen molar-refractivity contribution in [2.24, 2.45) is 0 Å². The zero-order valence-corrected chi connectivity index (χ0v) is 13.1. The van der Waals surface area contributed by atoms with Gasteiger partial charge in [-0.1, -0.05) is 31.5 Å². The molecule has 4 heteroatoms. The smallest absolute Gasteiger partial charge is 0.119 e. The van der Waals surface area contributed by atoms with E-state index in [1.807, 2.05) is 30.3 Å². The summed E-state index contributed by atoms with van der Waals surface area (Å²) in [6.45, 7) is 2.47. The molecule has 0 amide bonds. The molecule has 1 unspecified atom stereocenters. The molecule has 0 fully saturated rings. The van der Waals surface area contributed by atoms with Crippen LogP contribution in [0.2, 0.25) is 0 Å². The number of aliphatic hydroxyl groups excluding tert-OH is 1. The van der Waals surface area contributed by atoms with Crippen LogP contribution in [0.3, 0.4) is 0 Å². The fourth-order valence-corrected chi connectivity index (χ4v) is 2.67. The van der Waals surface area contributed by atoms with E-state index in [0.29, 0.717) is 12.4 Å². The Bertz CT molecular complexity index is 516. The summed E-state index contributed by atoms with van der Waals surface area (Å²) < 4.78 is 5.61. The number of rotatable bonds is 8. The molecule has 0 saturated carbocycles. The highest BCUT2D eigenvalue weighted by molar-refractivity contribution is 7.99. The Morgan fingerprint density at radius 1 is 1.19 bits per heavy atom. The maximum absolute atomic E-state index is 9.94. The molecule has 2 rings (SSSR count). The van der Waals surface area contributed by atoms with Crippen molar-refractivity contribution < 1.29 is 9.84 Å². The van der Waals surface area contributed by atoms with Crippen LogP contribution in [0.25, 0.3) is 0 Å². The van der Waals surface area contributed by atoms with Crippen LogP contribution in [0.4, 0.5) is 0 Å². The second-order valence-corrected chi connectivity index (χ2v) is 5.88. The molecule has 1 atom stereocenters. The van der Waals surface area contributed by atoms with Crippen LogP contribution in [0.1, 0.15) is 18.9 Å². The van der Waals surface area contributed by atoms with Gasteiger partial charge in [0, 0.05) is 11.9 Å². The van der Waals surface area contributed by atoms with E-state index in [9.17, 15) is 5.11 Å². The molecule has 0 saturated heterocycles. The van der Waals surface area contributed by atoms with Gasteiger partial charge < -0.3 is 9.84 Å². The topological polar surface area (TPSA) is 42.4 Å². The summed E-state index contributed by atoms with van der Waals surface area (Å²) >= 11 is 1.53. The highest BCUT2D eigenvalue weighted by Gasteiger charge is 2.07. The molecule has 0 aliphatic heterocycles. The molecule has 3 nitrogen and oxygen atoms in total. The van der Waals surface area contributed by atoms with Gasteiger partial charge in [-0.15, -0.1) is 11.8 Å². The molecule has 2 aromatic rings. The number of ether oxygens (including phenoxy) is 1. The van der Waals surface area contributed by atoms with E-state index in [0.717, 1.165) is 23.6 Å². The van der Waals surface area contributed by atoms with Gasteiger partial charge in [0.15, 0.2) is 0 Å². The SMILES string of the molecule is CCCc1ccc(OCC(O)CSc2ccccn2)cc1. The van der Waals surface area contributed by atoms with Gasteiger partial charge in [-0.2, -0.15) is 0 Å². The fraction of sp³-hybridized carbons (Fsp3) is 0.353. The molecule has 0 spiro atoms. The van der Waals surface area contributed by atoms with E-state index >= 15 is 0 Å². The Kier molecular flexibility index (Phi) is 6.57. The Labute approximate surface area is 130 Å². The summed E-state index contributed by atoms with van der Waals surface area (Å²) in [5, 5.41) is 10.9. The Morgan fingerprint density at radius 3 is 2.67 bits per heavy atom. The number of nitrogens with zero attached hydrogens (tertiary/aromatic N) is 1. The second kappa shape index (κ2) is 8.70. The number of hydrogen-bond donors (Lipinski definition) is 1. The third kappa shape index (κ3) is 5.78. The van der Waals surface area contributed by atoms with Crippen molar-refractivity contribution in [2.75, 3.05) is 12.4 Å². The summed E-state index contributed by atoms with van der Waals surface area (Å²) in [4.78, 5) is 4.21. The summed E-state index contributed by atoms with van der Waals surface area (Å²) in [6.07, 6.45) is 3.48. The summed E-state index contributed by atoms with van der Waals surface area (Å²) in [5.41, 5.74) is 1.32. The van der Waals surface area contributed by atoms with Crippen LogP contribution in [-0.2, 0) is 6.42 Å². The van der Waals surface area contributed by atoms with Gasteiger partial charge in [-0.05, 0) is 36.2 Å². The molecule has 0 aliphatic rings. The first-order chi connectivity index (χ1) is 10.3.